The number of alkyl halides is 3. The Morgan fingerprint density at radius 3 is 2.75 bits per heavy atom. The lowest BCUT2D eigenvalue weighted by Gasteiger charge is -2.23. The summed E-state index contributed by atoms with van der Waals surface area (Å²) in [5.74, 6) is 0.0793. The molecule has 0 spiro atoms. The minimum absolute atomic E-state index is 0.185. The predicted molar refractivity (Wildman–Crippen MR) is 71.7 cm³/mol. The smallest absolute Gasteiger partial charge is 0.437 e. The molecular weight excluding hydrogens is 269 g/mol. The van der Waals surface area contributed by atoms with Crippen molar-refractivity contribution < 1.29 is 17.9 Å². The maximum Gasteiger partial charge on any atom is 0.437 e. The van der Waals surface area contributed by atoms with Crippen LogP contribution in [-0.2, 0) is 6.18 Å². The van der Waals surface area contributed by atoms with E-state index < -0.39 is 11.9 Å². The van der Waals surface area contributed by atoms with Crippen LogP contribution in [0.1, 0.15) is 32.4 Å². The van der Waals surface area contributed by atoms with Crippen molar-refractivity contribution in [3.63, 3.8) is 0 Å². The van der Waals surface area contributed by atoms with Crippen molar-refractivity contribution in [1.82, 2.24) is 10.3 Å². The summed E-state index contributed by atoms with van der Waals surface area (Å²) in [5.41, 5.74) is -0.950. The summed E-state index contributed by atoms with van der Waals surface area (Å²) in [6, 6.07) is 2.76. The van der Waals surface area contributed by atoms with E-state index in [2.05, 4.69) is 10.3 Å². The zero-order valence-electron chi connectivity index (χ0n) is 11.8. The quantitative estimate of drug-likeness (QED) is 0.925. The number of piperidine rings is 1. The summed E-state index contributed by atoms with van der Waals surface area (Å²) in [7, 11) is 0. The third-order valence-corrected chi connectivity index (χ3v) is 2.91. The molecule has 0 bridgehead atoms. The Hall–Kier alpha value is -1.30. The molecule has 114 valence electrons. The Balaban J connectivity index is 0.000000956. The van der Waals surface area contributed by atoms with Crippen LogP contribution in [0.4, 0.5) is 13.2 Å². The van der Waals surface area contributed by atoms with E-state index in [0.29, 0.717) is 6.61 Å². The van der Waals surface area contributed by atoms with E-state index >= 15 is 0 Å². The standard InChI is InChI=1S/C12H15F3N2O.C2H6/c13-12(14,15)11-10(4-2-6-17-11)18-8-9-3-1-5-16-7-9;1-2/h2,4,6,9,16H,1,3,5,7-8H2;1-2H3. The van der Waals surface area contributed by atoms with Gasteiger partial charge in [0.2, 0.25) is 0 Å². The topological polar surface area (TPSA) is 34.1 Å². The molecule has 1 aliphatic heterocycles. The van der Waals surface area contributed by atoms with Crippen molar-refractivity contribution in [2.45, 2.75) is 32.9 Å². The molecule has 0 radical (unpaired) electrons. The summed E-state index contributed by atoms with van der Waals surface area (Å²) in [6.07, 6.45) is -1.33. The van der Waals surface area contributed by atoms with Crippen LogP contribution in [0.5, 0.6) is 5.75 Å². The van der Waals surface area contributed by atoms with Crippen molar-refractivity contribution in [1.29, 1.82) is 0 Å². The van der Waals surface area contributed by atoms with Gasteiger partial charge in [-0.1, -0.05) is 13.8 Å². The lowest BCUT2D eigenvalue weighted by molar-refractivity contribution is -0.142. The molecule has 6 heteroatoms. The molecule has 0 saturated carbocycles. The van der Waals surface area contributed by atoms with Crippen LogP contribution in [0, 0.1) is 5.92 Å². The first-order valence-electron chi connectivity index (χ1n) is 6.93. The second-order valence-corrected chi connectivity index (χ2v) is 4.37. The number of ether oxygens (including phenoxy) is 1. The van der Waals surface area contributed by atoms with Gasteiger partial charge in [-0.2, -0.15) is 13.2 Å². The molecule has 20 heavy (non-hydrogen) atoms. The van der Waals surface area contributed by atoms with Gasteiger partial charge < -0.3 is 10.1 Å². The monoisotopic (exact) mass is 290 g/mol. The highest BCUT2D eigenvalue weighted by Gasteiger charge is 2.36. The molecule has 3 nitrogen and oxygen atoms in total. The fraction of sp³-hybridized carbons (Fsp3) is 0.643. The number of nitrogens with zero attached hydrogens (tertiary/aromatic N) is 1. The molecule has 1 N–H and O–H groups in total. The van der Waals surface area contributed by atoms with Crippen LogP contribution in [0.2, 0.25) is 0 Å². The predicted octanol–water partition coefficient (Wildman–Crippen LogP) is 3.51. The second-order valence-electron chi connectivity index (χ2n) is 4.37. The fourth-order valence-electron chi connectivity index (χ4n) is 1.99. The number of hydrogen-bond donors (Lipinski definition) is 1. The fourth-order valence-corrected chi connectivity index (χ4v) is 1.99. The van der Waals surface area contributed by atoms with Crippen LogP contribution in [0.3, 0.4) is 0 Å². The van der Waals surface area contributed by atoms with E-state index in [0.717, 1.165) is 32.1 Å². The summed E-state index contributed by atoms with van der Waals surface area (Å²) in [4.78, 5) is 3.35. The number of aromatic nitrogens is 1. The van der Waals surface area contributed by atoms with E-state index in [4.69, 9.17) is 4.74 Å². The number of hydrogen-bond acceptors (Lipinski definition) is 3. The Morgan fingerprint density at radius 1 is 1.40 bits per heavy atom. The van der Waals surface area contributed by atoms with E-state index in [1.54, 1.807) is 0 Å². The molecule has 2 rings (SSSR count). The maximum absolute atomic E-state index is 12.7. The first-order chi connectivity index (χ1) is 9.57. The Kier molecular flexibility index (Phi) is 6.78. The SMILES string of the molecule is CC.FC(F)(F)c1ncccc1OCC1CCCNC1. The van der Waals surface area contributed by atoms with E-state index in [1.807, 2.05) is 13.8 Å². The van der Waals surface area contributed by atoms with Gasteiger partial charge in [-0.15, -0.1) is 0 Å². The highest BCUT2D eigenvalue weighted by atomic mass is 19.4. The Labute approximate surface area is 117 Å². The second kappa shape index (κ2) is 8.09. The van der Waals surface area contributed by atoms with Crippen molar-refractivity contribution in [2.24, 2.45) is 5.92 Å². The van der Waals surface area contributed by atoms with Crippen molar-refractivity contribution in [3.8, 4) is 5.75 Å². The summed E-state index contributed by atoms with van der Waals surface area (Å²) < 4.78 is 43.3. The molecule has 2 heterocycles. The highest BCUT2D eigenvalue weighted by Crippen LogP contribution is 2.34. The van der Waals surface area contributed by atoms with Gasteiger partial charge in [0.05, 0.1) is 6.61 Å². The highest BCUT2D eigenvalue weighted by molar-refractivity contribution is 5.29. The number of rotatable bonds is 3. The van der Waals surface area contributed by atoms with Crippen molar-refractivity contribution >= 4 is 0 Å². The third-order valence-electron chi connectivity index (χ3n) is 2.91. The first kappa shape index (κ1) is 16.8. The molecule has 0 amide bonds. The molecular formula is C14H21F3N2O. The first-order valence-corrected chi connectivity index (χ1v) is 6.93. The molecule has 1 atom stereocenters. The van der Waals surface area contributed by atoms with Crippen LogP contribution < -0.4 is 10.1 Å². The summed E-state index contributed by atoms with van der Waals surface area (Å²) in [6.45, 7) is 6.06. The normalized spacial score (nSPS) is 18.9. The Bertz CT molecular complexity index is 390. The minimum atomic E-state index is -4.47. The molecule has 1 unspecified atom stereocenters. The van der Waals surface area contributed by atoms with Gasteiger partial charge in [-0.3, -0.25) is 0 Å². The van der Waals surface area contributed by atoms with Crippen LogP contribution in [-0.4, -0.2) is 24.7 Å². The van der Waals surface area contributed by atoms with Crippen molar-refractivity contribution in [3.05, 3.63) is 24.0 Å². The van der Waals surface area contributed by atoms with Gasteiger partial charge in [0.25, 0.3) is 0 Å². The van der Waals surface area contributed by atoms with Gasteiger partial charge in [-0.25, -0.2) is 4.98 Å². The van der Waals surface area contributed by atoms with Crippen molar-refractivity contribution in [2.75, 3.05) is 19.7 Å². The van der Waals surface area contributed by atoms with Crippen LogP contribution in [0.25, 0.3) is 0 Å². The summed E-state index contributed by atoms with van der Waals surface area (Å²) in [5, 5.41) is 3.20. The molecule has 1 aromatic rings. The largest absolute Gasteiger partial charge is 0.491 e. The zero-order chi connectivity index (χ0) is 15.0. The average Bonchev–Trinajstić information content (AvgIpc) is 2.48. The molecule has 1 fully saturated rings. The van der Waals surface area contributed by atoms with Crippen LogP contribution in [0.15, 0.2) is 18.3 Å². The number of halogens is 3. The molecule has 1 aromatic heterocycles. The maximum atomic E-state index is 12.7. The van der Waals surface area contributed by atoms with E-state index in [1.165, 1.54) is 12.1 Å². The molecule has 0 aromatic carbocycles. The number of nitrogens with one attached hydrogen (secondary N) is 1. The molecule has 1 saturated heterocycles. The molecule has 1 aliphatic rings. The van der Waals surface area contributed by atoms with Gasteiger partial charge in [0.15, 0.2) is 5.69 Å². The number of pyridine rings is 1. The average molecular weight is 290 g/mol. The minimum Gasteiger partial charge on any atom is -0.491 e. The Morgan fingerprint density at radius 2 is 2.15 bits per heavy atom. The van der Waals surface area contributed by atoms with E-state index in [9.17, 15) is 13.2 Å². The van der Waals surface area contributed by atoms with Gasteiger partial charge in [0.1, 0.15) is 5.75 Å². The lowest BCUT2D eigenvalue weighted by Crippen LogP contribution is -2.33. The third kappa shape index (κ3) is 5.00. The van der Waals surface area contributed by atoms with Gasteiger partial charge >= 0.3 is 6.18 Å². The molecule has 0 aliphatic carbocycles. The lowest BCUT2D eigenvalue weighted by atomic mass is 10.0. The van der Waals surface area contributed by atoms with E-state index in [-0.39, 0.29) is 11.7 Å². The van der Waals surface area contributed by atoms with Crippen LogP contribution >= 0.6 is 0 Å². The van der Waals surface area contributed by atoms with Gasteiger partial charge in [-0.05, 0) is 31.5 Å². The summed E-state index contributed by atoms with van der Waals surface area (Å²) >= 11 is 0. The van der Waals surface area contributed by atoms with Gasteiger partial charge in [0, 0.05) is 18.7 Å². The zero-order valence-corrected chi connectivity index (χ0v) is 11.8.